The molecule has 4 nitrogen and oxygen atoms in total. The molecule has 19 heavy (non-hydrogen) atoms. The molecule has 0 spiro atoms. The van der Waals surface area contributed by atoms with Gasteiger partial charge in [-0.3, -0.25) is 0 Å². The van der Waals surface area contributed by atoms with Crippen molar-refractivity contribution in [2.24, 2.45) is 0 Å². The predicted octanol–water partition coefficient (Wildman–Crippen LogP) is 1.79. The Morgan fingerprint density at radius 1 is 1.42 bits per heavy atom. The molecule has 4 heterocycles. The van der Waals surface area contributed by atoms with Crippen LogP contribution in [0.4, 0.5) is 5.82 Å². The summed E-state index contributed by atoms with van der Waals surface area (Å²) in [4.78, 5) is 7.52. The molecule has 102 valence electrons. The Morgan fingerprint density at radius 2 is 2.32 bits per heavy atom. The summed E-state index contributed by atoms with van der Waals surface area (Å²) in [6.07, 6.45) is 2.35. The maximum atomic E-state index is 5.82. The highest BCUT2D eigenvalue weighted by molar-refractivity contribution is 5.58. The maximum Gasteiger partial charge on any atom is 0.132 e. The summed E-state index contributed by atoms with van der Waals surface area (Å²) >= 11 is 0. The van der Waals surface area contributed by atoms with Crippen LogP contribution < -0.4 is 10.2 Å². The van der Waals surface area contributed by atoms with Crippen molar-refractivity contribution in [3.05, 3.63) is 22.9 Å². The summed E-state index contributed by atoms with van der Waals surface area (Å²) in [6.45, 7) is 7.34. The lowest BCUT2D eigenvalue weighted by Gasteiger charge is -2.37. The first-order valence-corrected chi connectivity index (χ1v) is 7.41. The Morgan fingerprint density at radius 3 is 3.16 bits per heavy atom. The van der Waals surface area contributed by atoms with Crippen molar-refractivity contribution in [1.29, 1.82) is 0 Å². The predicted molar refractivity (Wildman–Crippen MR) is 74.4 cm³/mol. The normalized spacial score (nSPS) is 32.1. The number of rotatable bonds is 1. The van der Waals surface area contributed by atoms with Gasteiger partial charge >= 0.3 is 0 Å². The van der Waals surface area contributed by atoms with E-state index in [2.05, 4.69) is 30.1 Å². The van der Waals surface area contributed by atoms with Crippen LogP contribution in [0.5, 0.6) is 0 Å². The van der Waals surface area contributed by atoms with Crippen molar-refractivity contribution in [3.8, 4) is 0 Å². The van der Waals surface area contributed by atoms with Crippen LogP contribution in [0, 0.1) is 0 Å². The van der Waals surface area contributed by atoms with Crippen molar-refractivity contribution in [1.82, 2.24) is 10.3 Å². The SMILES string of the molecule is CCC1OCc2cc3c(nc21)N1C(C)CNC[C@H]1C3. The average molecular weight is 259 g/mol. The largest absolute Gasteiger partial charge is 0.367 e. The van der Waals surface area contributed by atoms with Gasteiger partial charge in [0.2, 0.25) is 0 Å². The molecule has 4 rings (SSSR count). The number of anilines is 1. The van der Waals surface area contributed by atoms with E-state index in [1.54, 1.807) is 0 Å². The Hall–Kier alpha value is -1.13. The van der Waals surface area contributed by atoms with Crippen LogP contribution in [-0.4, -0.2) is 30.2 Å². The second-order valence-electron chi connectivity index (χ2n) is 6.00. The third-order valence-electron chi connectivity index (χ3n) is 4.69. The Labute approximate surface area is 114 Å². The van der Waals surface area contributed by atoms with Gasteiger partial charge in [-0.1, -0.05) is 6.92 Å². The van der Waals surface area contributed by atoms with Crippen molar-refractivity contribution >= 4 is 5.82 Å². The minimum Gasteiger partial charge on any atom is -0.367 e. The number of nitrogens with zero attached hydrogens (tertiary/aromatic N) is 2. The highest BCUT2D eigenvalue weighted by Gasteiger charge is 2.38. The lowest BCUT2D eigenvalue weighted by atomic mass is 10.1. The first-order chi connectivity index (χ1) is 9.28. The monoisotopic (exact) mass is 259 g/mol. The fraction of sp³-hybridized carbons (Fsp3) is 0.667. The molecule has 3 aliphatic heterocycles. The molecule has 0 bridgehead atoms. The molecule has 1 saturated heterocycles. The molecule has 1 aromatic rings. The average Bonchev–Trinajstić information content (AvgIpc) is 2.96. The molecule has 3 atom stereocenters. The molecule has 0 saturated carbocycles. The number of pyridine rings is 1. The van der Waals surface area contributed by atoms with Gasteiger partial charge in [-0.15, -0.1) is 0 Å². The molecule has 1 fully saturated rings. The van der Waals surface area contributed by atoms with Crippen LogP contribution in [0.25, 0.3) is 0 Å². The number of fused-ring (bicyclic) bond motifs is 4. The number of hydrogen-bond acceptors (Lipinski definition) is 4. The van der Waals surface area contributed by atoms with Crippen LogP contribution in [0.3, 0.4) is 0 Å². The van der Waals surface area contributed by atoms with E-state index in [0.717, 1.165) is 32.5 Å². The summed E-state index contributed by atoms with van der Waals surface area (Å²) in [5.41, 5.74) is 3.92. The van der Waals surface area contributed by atoms with Crippen molar-refractivity contribution < 1.29 is 4.74 Å². The van der Waals surface area contributed by atoms with Gasteiger partial charge in [0.05, 0.1) is 12.3 Å². The minimum atomic E-state index is 0.206. The van der Waals surface area contributed by atoms with Crippen molar-refractivity contribution in [2.45, 2.75) is 51.5 Å². The topological polar surface area (TPSA) is 37.4 Å². The zero-order valence-electron chi connectivity index (χ0n) is 11.6. The Kier molecular flexibility index (Phi) is 2.57. The highest BCUT2D eigenvalue weighted by Crippen LogP contribution is 2.39. The highest BCUT2D eigenvalue weighted by atomic mass is 16.5. The zero-order valence-corrected chi connectivity index (χ0v) is 11.6. The molecule has 4 heteroatoms. The van der Waals surface area contributed by atoms with Gasteiger partial charge in [0.1, 0.15) is 11.9 Å². The second kappa shape index (κ2) is 4.18. The summed E-state index contributed by atoms with van der Waals surface area (Å²) in [7, 11) is 0. The van der Waals surface area contributed by atoms with E-state index in [1.807, 2.05) is 0 Å². The second-order valence-corrected chi connectivity index (χ2v) is 6.00. The summed E-state index contributed by atoms with van der Waals surface area (Å²) in [6, 6.07) is 3.47. The fourth-order valence-electron chi connectivity index (χ4n) is 3.78. The first kappa shape index (κ1) is 11.7. The smallest absolute Gasteiger partial charge is 0.132 e. The van der Waals surface area contributed by atoms with Gasteiger partial charge in [0, 0.05) is 30.7 Å². The van der Waals surface area contributed by atoms with Gasteiger partial charge in [0.15, 0.2) is 0 Å². The molecule has 1 aromatic heterocycles. The molecule has 0 amide bonds. The fourth-order valence-corrected chi connectivity index (χ4v) is 3.78. The molecule has 1 N–H and O–H groups in total. The van der Waals surface area contributed by atoms with Gasteiger partial charge in [-0.05, 0) is 31.4 Å². The summed E-state index contributed by atoms with van der Waals surface area (Å²) in [5, 5.41) is 3.52. The number of aromatic nitrogens is 1. The van der Waals surface area contributed by atoms with E-state index in [-0.39, 0.29) is 6.10 Å². The van der Waals surface area contributed by atoms with Crippen LogP contribution in [-0.2, 0) is 17.8 Å². The molecular weight excluding hydrogens is 238 g/mol. The summed E-state index contributed by atoms with van der Waals surface area (Å²) < 4.78 is 5.82. The van der Waals surface area contributed by atoms with E-state index in [9.17, 15) is 0 Å². The quantitative estimate of drug-likeness (QED) is 0.834. The molecular formula is C15H21N3O. The van der Waals surface area contributed by atoms with Gasteiger partial charge in [0.25, 0.3) is 0 Å². The van der Waals surface area contributed by atoms with Gasteiger partial charge < -0.3 is 15.0 Å². The zero-order chi connectivity index (χ0) is 13.0. The number of piperazine rings is 1. The lowest BCUT2D eigenvalue weighted by molar-refractivity contribution is 0.0618. The molecule has 0 aromatic carbocycles. The van der Waals surface area contributed by atoms with Crippen molar-refractivity contribution in [2.75, 3.05) is 18.0 Å². The summed E-state index contributed by atoms with van der Waals surface area (Å²) in [5.74, 6) is 1.22. The third-order valence-corrected chi connectivity index (χ3v) is 4.69. The minimum absolute atomic E-state index is 0.206. The van der Waals surface area contributed by atoms with E-state index < -0.39 is 0 Å². The van der Waals surface area contributed by atoms with Crippen LogP contribution in [0.2, 0.25) is 0 Å². The van der Waals surface area contributed by atoms with E-state index in [4.69, 9.17) is 9.72 Å². The van der Waals surface area contributed by atoms with E-state index >= 15 is 0 Å². The molecule has 3 aliphatic rings. The first-order valence-electron chi connectivity index (χ1n) is 7.41. The standard InChI is InChI=1S/C15H21N3O/c1-3-13-14-11(8-19-13)4-10-5-12-7-16-6-9(2)18(12)15(10)17-14/h4,9,12-13,16H,3,5-8H2,1-2H3/t9?,12-,13?/m1/s1. The van der Waals surface area contributed by atoms with Crippen LogP contribution in [0.15, 0.2) is 6.07 Å². The van der Waals surface area contributed by atoms with Gasteiger partial charge in [-0.2, -0.15) is 0 Å². The number of nitrogens with one attached hydrogen (secondary N) is 1. The Balaban J connectivity index is 1.78. The number of hydrogen-bond donors (Lipinski definition) is 1. The van der Waals surface area contributed by atoms with Crippen LogP contribution >= 0.6 is 0 Å². The Bertz CT molecular complexity index is 516. The van der Waals surface area contributed by atoms with E-state index in [0.29, 0.717) is 12.1 Å². The lowest BCUT2D eigenvalue weighted by Crippen LogP contribution is -2.55. The molecule has 0 radical (unpaired) electrons. The maximum absolute atomic E-state index is 5.82. The molecule has 2 unspecified atom stereocenters. The van der Waals surface area contributed by atoms with Gasteiger partial charge in [-0.25, -0.2) is 4.98 Å². The van der Waals surface area contributed by atoms with Crippen LogP contribution in [0.1, 0.15) is 43.2 Å². The third kappa shape index (κ3) is 1.63. The molecule has 0 aliphatic carbocycles. The number of ether oxygens (including phenoxy) is 1. The van der Waals surface area contributed by atoms with E-state index in [1.165, 1.54) is 22.6 Å². The van der Waals surface area contributed by atoms with Crippen molar-refractivity contribution in [3.63, 3.8) is 0 Å².